The van der Waals surface area contributed by atoms with Crippen LogP contribution in [0, 0.1) is 26.7 Å². The quantitative estimate of drug-likeness (QED) is 0.425. The highest BCUT2D eigenvalue weighted by atomic mass is 19.1. The highest BCUT2D eigenvalue weighted by Crippen LogP contribution is 2.44. The van der Waals surface area contributed by atoms with E-state index in [1.165, 1.54) is 0 Å². The molecule has 2 N–H and O–H groups in total. The minimum absolute atomic E-state index is 0.262. The lowest BCUT2D eigenvalue weighted by Crippen LogP contribution is -2.59. The summed E-state index contributed by atoms with van der Waals surface area (Å²) in [6.45, 7) is 12.3. The van der Waals surface area contributed by atoms with E-state index in [-0.39, 0.29) is 12.3 Å². The summed E-state index contributed by atoms with van der Waals surface area (Å²) < 4.78 is 25.5. The lowest BCUT2D eigenvalue weighted by atomic mass is 9.86. The molecule has 7 nitrogen and oxygen atoms in total. The van der Waals surface area contributed by atoms with Crippen molar-refractivity contribution in [2.24, 2.45) is 5.92 Å². The van der Waals surface area contributed by atoms with Crippen molar-refractivity contribution in [3.05, 3.63) is 58.1 Å². The third-order valence-electron chi connectivity index (χ3n) is 7.68. The Kier molecular flexibility index (Phi) is 9.75. The Morgan fingerprint density at radius 2 is 1.72 bits per heavy atom. The van der Waals surface area contributed by atoms with E-state index in [0.29, 0.717) is 25.2 Å². The maximum absolute atomic E-state index is 13.5. The molecule has 2 amide bonds. The van der Waals surface area contributed by atoms with Crippen LogP contribution in [-0.4, -0.2) is 42.0 Å². The summed E-state index contributed by atoms with van der Waals surface area (Å²) in [6, 6.07) is 8.15. The van der Waals surface area contributed by atoms with Crippen molar-refractivity contribution < 1.29 is 28.2 Å². The molecule has 3 unspecified atom stereocenters. The number of hydrogen-bond donors (Lipinski definition) is 2. The SMILES string of the molecule is CCC(NC(=O)C(NC(=O)C1(C)CCc2c(C)c(OCc3ccccc3)c(C)c(C)c2O1)C(C)C)C(=O)CF. The maximum Gasteiger partial charge on any atom is 0.264 e. The topological polar surface area (TPSA) is 93.7 Å². The van der Waals surface area contributed by atoms with Gasteiger partial charge in [0, 0.05) is 12.0 Å². The van der Waals surface area contributed by atoms with E-state index < -0.39 is 42.0 Å². The average molecular weight is 541 g/mol. The predicted octanol–water partition coefficient (Wildman–Crippen LogP) is 4.85. The van der Waals surface area contributed by atoms with Crippen LogP contribution < -0.4 is 20.1 Å². The number of fused-ring (bicyclic) bond motifs is 1. The molecule has 3 atom stereocenters. The van der Waals surface area contributed by atoms with Gasteiger partial charge in [0.25, 0.3) is 5.91 Å². The number of carbonyl (C=O) groups is 3. The fourth-order valence-corrected chi connectivity index (χ4v) is 4.93. The molecule has 0 spiro atoms. The van der Waals surface area contributed by atoms with Gasteiger partial charge in [-0.1, -0.05) is 51.1 Å². The number of halogens is 1. The van der Waals surface area contributed by atoms with Gasteiger partial charge in [0.15, 0.2) is 11.4 Å². The van der Waals surface area contributed by atoms with Crippen molar-refractivity contribution in [2.45, 2.75) is 92.0 Å². The van der Waals surface area contributed by atoms with Crippen molar-refractivity contribution in [2.75, 3.05) is 6.67 Å². The molecule has 0 aliphatic carbocycles. The number of ketones is 1. The van der Waals surface area contributed by atoms with E-state index in [4.69, 9.17) is 9.47 Å². The van der Waals surface area contributed by atoms with Crippen LogP contribution in [0.5, 0.6) is 11.5 Å². The van der Waals surface area contributed by atoms with Crippen LogP contribution in [-0.2, 0) is 27.4 Å². The summed E-state index contributed by atoms with van der Waals surface area (Å²) >= 11 is 0. The standard InChI is InChI=1S/C31H41FN2O5/c1-8-24(25(35)16-32)33-29(36)26(18(2)3)34-30(37)31(7)15-14-23-21(6)27(19(4)20(5)28(23)39-31)38-17-22-12-10-9-11-13-22/h9-13,18,24,26H,8,14-17H2,1-7H3,(H,33,36)(H,34,37). The van der Waals surface area contributed by atoms with E-state index >= 15 is 0 Å². The van der Waals surface area contributed by atoms with Crippen LogP contribution in [0.25, 0.3) is 0 Å². The molecule has 0 bridgehead atoms. The Bertz CT molecular complexity index is 1210. The molecule has 1 aliphatic heterocycles. The van der Waals surface area contributed by atoms with Gasteiger partial charge in [0.05, 0.1) is 6.04 Å². The van der Waals surface area contributed by atoms with Gasteiger partial charge in [-0.3, -0.25) is 14.4 Å². The molecule has 2 aromatic rings. The summed E-state index contributed by atoms with van der Waals surface area (Å²) in [4.78, 5) is 38.3. The van der Waals surface area contributed by atoms with E-state index in [0.717, 1.165) is 33.6 Å². The molecular weight excluding hydrogens is 499 g/mol. The van der Waals surface area contributed by atoms with Gasteiger partial charge >= 0.3 is 0 Å². The Balaban J connectivity index is 1.80. The van der Waals surface area contributed by atoms with Gasteiger partial charge in [-0.2, -0.15) is 0 Å². The molecule has 0 aromatic heterocycles. The zero-order chi connectivity index (χ0) is 28.9. The second kappa shape index (κ2) is 12.6. The number of amides is 2. The molecule has 0 saturated carbocycles. The summed E-state index contributed by atoms with van der Waals surface area (Å²) in [5.74, 6) is -0.377. The largest absolute Gasteiger partial charge is 0.488 e. The minimum atomic E-state index is -1.20. The van der Waals surface area contributed by atoms with Crippen molar-refractivity contribution in [3.8, 4) is 11.5 Å². The van der Waals surface area contributed by atoms with Crippen LogP contribution in [0.15, 0.2) is 30.3 Å². The van der Waals surface area contributed by atoms with E-state index in [1.807, 2.05) is 51.1 Å². The van der Waals surface area contributed by atoms with Crippen LogP contribution in [0.4, 0.5) is 4.39 Å². The molecule has 2 aromatic carbocycles. The average Bonchev–Trinajstić information content (AvgIpc) is 2.92. The number of nitrogens with one attached hydrogen (secondary N) is 2. The highest BCUT2D eigenvalue weighted by molar-refractivity contribution is 5.95. The first-order valence-electron chi connectivity index (χ1n) is 13.6. The Labute approximate surface area is 230 Å². The first-order valence-corrected chi connectivity index (χ1v) is 13.6. The van der Waals surface area contributed by atoms with Gasteiger partial charge in [-0.25, -0.2) is 4.39 Å². The predicted molar refractivity (Wildman–Crippen MR) is 149 cm³/mol. The molecule has 8 heteroatoms. The van der Waals surface area contributed by atoms with Gasteiger partial charge in [0.2, 0.25) is 5.91 Å². The number of rotatable bonds is 11. The van der Waals surface area contributed by atoms with E-state index in [9.17, 15) is 18.8 Å². The van der Waals surface area contributed by atoms with Crippen molar-refractivity contribution >= 4 is 17.6 Å². The molecule has 0 radical (unpaired) electrons. The Hall–Kier alpha value is -3.42. The van der Waals surface area contributed by atoms with Gasteiger partial charge in [-0.05, 0) is 68.7 Å². The van der Waals surface area contributed by atoms with Gasteiger partial charge in [0.1, 0.15) is 30.8 Å². The summed E-state index contributed by atoms with van der Waals surface area (Å²) in [5.41, 5.74) is 3.75. The summed E-state index contributed by atoms with van der Waals surface area (Å²) in [5, 5.41) is 5.43. The Morgan fingerprint density at radius 1 is 1.05 bits per heavy atom. The molecule has 3 rings (SSSR count). The van der Waals surface area contributed by atoms with Crippen LogP contribution in [0.1, 0.15) is 68.4 Å². The summed E-state index contributed by atoms with van der Waals surface area (Å²) in [7, 11) is 0. The van der Waals surface area contributed by atoms with Crippen molar-refractivity contribution in [1.82, 2.24) is 10.6 Å². The molecule has 212 valence electrons. The fraction of sp³-hybridized carbons (Fsp3) is 0.516. The third kappa shape index (κ3) is 6.60. The van der Waals surface area contributed by atoms with E-state index in [1.54, 1.807) is 27.7 Å². The normalized spacial score (nSPS) is 18.0. The molecule has 1 heterocycles. The second-order valence-electron chi connectivity index (χ2n) is 10.9. The molecule has 0 fully saturated rings. The maximum atomic E-state index is 13.5. The number of carbonyl (C=O) groups excluding carboxylic acids is 3. The Morgan fingerprint density at radius 3 is 2.31 bits per heavy atom. The smallest absolute Gasteiger partial charge is 0.264 e. The zero-order valence-corrected chi connectivity index (χ0v) is 24.1. The van der Waals surface area contributed by atoms with Gasteiger partial charge in [-0.15, -0.1) is 0 Å². The van der Waals surface area contributed by atoms with Gasteiger partial charge < -0.3 is 20.1 Å². The lowest BCUT2D eigenvalue weighted by molar-refractivity contribution is -0.141. The van der Waals surface area contributed by atoms with Crippen molar-refractivity contribution in [3.63, 3.8) is 0 Å². The van der Waals surface area contributed by atoms with Crippen LogP contribution in [0.2, 0.25) is 0 Å². The number of alkyl halides is 1. The first-order chi connectivity index (χ1) is 18.4. The van der Waals surface area contributed by atoms with Crippen LogP contribution in [0.3, 0.4) is 0 Å². The number of Topliss-reactive ketones (excluding diaryl/α,β-unsaturated/α-hetero) is 1. The van der Waals surface area contributed by atoms with Crippen LogP contribution >= 0.6 is 0 Å². The number of benzene rings is 2. The monoisotopic (exact) mass is 540 g/mol. The molecule has 0 saturated heterocycles. The molecule has 1 aliphatic rings. The third-order valence-corrected chi connectivity index (χ3v) is 7.68. The number of hydrogen-bond acceptors (Lipinski definition) is 5. The molecular formula is C31H41FN2O5. The highest BCUT2D eigenvalue weighted by Gasteiger charge is 2.43. The first kappa shape index (κ1) is 30.1. The fourth-order valence-electron chi connectivity index (χ4n) is 4.93. The van der Waals surface area contributed by atoms with E-state index in [2.05, 4.69) is 10.6 Å². The zero-order valence-electron chi connectivity index (χ0n) is 24.1. The van der Waals surface area contributed by atoms with Crippen molar-refractivity contribution in [1.29, 1.82) is 0 Å². The lowest BCUT2D eigenvalue weighted by Gasteiger charge is -2.38. The minimum Gasteiger partial charge on any atom is -0.488 e. The second-order valence-corrected chi connectivity index (χ2v) is 10.9. The summed E-state index contributed by atoms with van der Waals surface area (Å²) in [6.07, 6.45) is 1.28. The number of ether oxygens (including phenoxy) is 2. The molecule has 39 heavy (non-hydrogen) atoms.